The Morgan fingerprint density at radius 3 is 2.42 bits per heavy atom. The minimum absolute atomic E-state index is 0.372. The Morgan fingerprint density at radius 2 is 1.84 bits per heavy atom. The highest BCUT2D eigenvalue weighted by Gasteiger charge is 2.07. The molecule has 0 unspecified atom stereocenters. The van der Waals surface area contributed by atoms with Gasteiger partial charge in [0.2, 0.25) is 5.91 Å². The molecule has 0 spiro atoms. The van der Waals surface area contributed by atoms with Gasteiger partial charge in [0, 0.05) is 9.13 Å². The van der Waals surface area contributed by atoms with Gasteiger partial charge in [-0.15, -0.1) is 0 Å². The van der Waals surface area contributed by atoms with Gasteiger partial charge in [-0.3, -0.25) is 4.79 Å². The average molecular weight is 388 g/mol. The fraction of sp³-hybridized carbons (Fsp3) is 0. The molecule has 0 bridgehead atoms. The second-order valence-electron chi connectivity index (χ2n) is 3.92. The summed E-state index contributed by atoms with van der Waals surface area (Å²) in [5.41, 5.74) is 13.3. The highest BCUT2D eigenvalue weighted by Crippen LogP contribution is 2.30. The number of anilines is 3. The molecule has 4 nitrogen and oxygen atoms in total. The van der Waals surface area contributed by atoms with E-state index in [1.807, 2.05) is 18.2 Å². The number of carbonyl (C=O) groups excluding carboxylic acids is 1. The Labute approximate surface area is 129 Å². The number of halogens is 2. The van der Waals surface area contributed by atoms with Gasteiger partial charge in [-0.2, -0.15) is 0 Å². The molecule has 0 atom stereocenters. The molecule has 98 valence electrons. The number of benzene rings is 2. The van der Waals surface area contributed by atoms with Crippen molar-refractivity contribution in [3.63, 3.8) is 0 Å². The van der Waals surface area contributed by atoms with Crippen molar-refractivity contribution in [2.45, 2.75) is 0 Å². The molecule has 2 aromatic carbocycles. The molecule has 0 radical (unpaired) electrons. The molecule has 19 heavy (non-hydrogen) atoms. The van der Waals surface area contributed by atoms with Gasteiger partial charge in [0.1, 0.15) is 0 Å². The lowest BCUT2D eigenvalue weighted by Crippen LogP contribution is -2.11. The third kappa shape index (κ3) is 3.30. The summed E-state index contributed by atoms with van der Waals surface area (Å²) in [5, 5.41) is 3.72. The number of amides is 1. The van der Waals surface area contributed by atoms with Crippen LogP contribution in [0.25, 0.3) is 0 Å². The van der Waals surface area contributed by atoms with E-state index in [1.165, 1.54) is 6.07 Å². The van der Waals surface area contributed by atoms with E-state index in [4.69, 9.17) is 23.1 Å². The van der Waals surface area contributed by atoms with Crippen molar-refractivity contribution in [3.05, 3.63) is 50.6 Å². The third-order valence-electron chi connectivity index (χ3n) is 2.54. The summed E-state index contributed by atoms with van der Waals surface area (Å²) in [4.78, 5) is 11.0. The second-order valence-corrected chi connectivity index (χ2v) is 5.57. The molecular formula is C13H11ClIN3O. The van der Waals surface area contributed by atoms with Crippen LogP contribution in [0.5, 0.6) is 0 Å². The molecule has 2 aromatic rings. The molecule has 0 aliphatic rings. The van der Waals surface area contributed by atoms with E-state index in [0.29, 0.717) is 22.0 Å². The van der Waals surface area contributed by atoms with Crippen LogP contribution >= 0.6 is 34.2 Å². The summed E-state index contributed by atoms with van der Waals surface area (Å²) in [7, 11) is 0. The van der Waals surface area contributed by atoms with E-state index < -0.39 is 5.91 Å². The molecule has 1 amide bonds. The number of carbonyl (C=O) groups is 1. The molecule has 0 saturated carbocycles. The van der Waals surface area contributed by atoms with Crippen molar-refractivity contribution in [3.8, 4) is 0 Å². The van der Waals surface area contributed by atoms with Crippen molar-refractivity contribution >= 4 is 57.2 Å². The van der Waals surface area contributed by atoms with Crippen molar-refractivity contribution in [2.75, 3.05) is 11.1 Å². The SMILES string of the molecule is NC(=O)c1ccc(Nc2ccc(I)cc2Cl)c(N)c1. The molecule has 0 aliphatic heterocycles. The fourth-order valence-electron chi connectivity index (χ4n) is 1.57. The van der Waals surface area contributed by atoms with Crippen LogP contribution in [0, 0.1) is 3.57 Å². The number of nitrogens with one attached hydrogen (secondary N) is 1. The first-order chi connectivity index (χ1) is 8.97. The van der Waals surface area contributed by atoms with Crippen LogP contribution in [0.3, 0.4) is 0 Å². The van der Waals surface area contributed by atoms with Crippen LogP contribution in [-0.2, 0) is 0 Å². The van der Waals surface area contributed by atoms with Crippen LogP contribution in [-0.4, -0.2) is 5.91 Å². The summed E-state index contributed by atoms with van der Waals surface area (Å²) in [5.74, 6) is -0.509. The Hall–Kier alpha value is -1.47. The maximum Gasteiger partial charge on any atom is 0.248 e. The number of nitrogens with two attached hydrogens (primary N) is 2. The van der Waals surface area contributed by atoms with E-state index in [2.05, 4.69) is 27.9 Å². The molecule has 2 rings (SSSR count). The summed E-state index contributed by atoms with van der Waals surface area (Å²) in [6.45, 7) is 0. The smallest absolute Gasteiger partial charge is 0.248 e. The molecule has 5 N–H and O–H groups in total. The van der Waals surface area contributed by atoms with Crippen LogP contribution in [0.1, 0.15) is 10.4 Å². The standard InChI is InChI=1S/C13H11ClIN3O/c14-9-6-8(15)2-4-11(9)18-12-3-1-7(13(17)19)5-10(12)16/h1-6,18H,16H2,(H2,17,19). The largest absolute Gasteiger partial charge is 0.397 e. The maximum absolute atomic E-state index is 11.0. The summed E-state index contributed by atoms with van der Waals surface area (Å²) >= 11 is 8.31. The zero-order valence-corrected chi connectivity index (χ0v) is 12.7. The monoisotopic (exact) mass is 387 g/mol. The van der Waals surface area contributed by atoms with Gasteiger partial charge in [0.05, 0.1) is 22.1 Å². The van der Waals surface area contributed by atoms with Crippen LogP contribution in [0.15, 0.2) is 36.4 Å². The zero-order chi connectivity index (χ0) is 14.0. The minimum atomic E-state index is -0.509. The predicted octanol–water partition coefficient (Wildman–Crippen LogP) is 3.37. The van der Waals surface area contributed by atoms with E-state index >= 15 is 0 Å². The molecule has 0 saturated heterocycles. The lowest BCUT2D eigenvalue weighted by molar-refractivity contribution is 0.100. The van der Waals surface area contributed by atoms with E-state index in [1.54, 1.807) is 12.1 Å². The first-order valence-corrected chi connectivity index (χ1v) is 6.84. The molecular weight excluding hydrogens is 377 g/mol. The minimum Gasteiger partial charge on any atom is -0.397 e. The number of nitrogen functional groups attached to an aromatic ring is 1. The highest BCUT2D eigenvalue weighted by molar-refractivity contribution is 14.1. The number of primary amides is 1. The van der Waals surface area contributed by atoms with E-state index in [0.717, 1.165) is 9.26 Å². The molecule has 0 fully saturated rings. The quantitative estimate of drug-likeness (QED) is 0.558. The Kier molecular flexibility index (Phi) is 4.16. The van der Waals surface area contributed by atoms with Gasteiger partial charge in [-0.05, 0) is 59.0 Å². The van der Waals surface area contributed by atoms with Crippen LogP contribution < -0.4 is 16.8 Å². The van der Waals surface area contributed by atoms with Crippen LogP contribution in [0.2, 0.25) is 5.02 Å². The second kappa shape index (κ2) is 5.66. The number of hydrogen-bond acceptors (Lipinski definition) is 3. The zero-order valence-electron chi connectivity index (χ0n) is 9.78. The van der Waals surface area contributed by atoms with Gasteiger partial charge in [-0.25, -0.2) is 0 Å². The van der Waals surface area contributed by atoms with Crippen LogP contribution in [0.4, 0.5) is 17.1 Å². The number of hydrogen-bond donors (Lipinski definition) is 3. The first kappa shape index (κ1) is 14.0. The van der Waals surface area contributed by atoms with E-state index in [9.17, 15) is 4.79 Å². The Morgan fingerprint density at radius 1 is 1.16 bits per heavy atom. The summed E-state index contributed by atoms with van der Waals surface area (Å²) in [6, 6.07) is 10.5. The molecule has 6 heteroatoms. The van der Waals surface area contributed by atoms with E-state index in [-0.39, 0.29) is 0 Å². The van der Waals surface area contributed by atoms with Gasteiger partial charge >= 0.3 is 0 Å². The normalized spacial score (nSPS) is 10.2. The first-order valence-electron chi connectivity index (χ1n) is 5.39. The van der Waals surface area contributed by atoms with Gasteiger partial charge < -0.3 is 16.8 Å². The van der Waals surface area contributed by atoms with Crippen molar-refractivity contribution in [1.82, 2.24) is 0 Å². The molecule has 0 aromatic heterocycles. The molecule has 0 aliphatic carbocycles. The fourth-order valence-corrected chi connectivity index (χ4v) is 2.47. The average Bonchev–Trinajstić information content (AvgIpc) is 2.34. The summed E-state index contributed by atoms with van der Waals surface area (Å²) in [6.07, 6.45) is 0. The van der Waals surface area contributed by atoms with Gasteiger partial charge in [0.15, 0.2) is 0 Å². The van der Waals surface area contributed by atoms with Crippen molar-refractivity contribution < 1.29 is 4.79 Å². The third-order valence-corrected chi connectivity index (χ3v) is 3.52. The Balaban J connectivity index is 2.31. The lowest BCUT2D eigenvalue weighted by atomic mass is 10.1. The Bertz CT molecular complexity index is 646. The molecule has 0 heterocycles. The topological polar surface area (TPSA) is 81.1 Å². The van der Waals surface area contributed by atoms with Crippen molar-refractivity contribution in [1.29, 1.82) is 0 Å². The summed E-state index contributed by atoms with van der Waals surface area (Å²) < 4.78 is 1.05. The maximum atomic E-state index is 11.0. The van der Waals surface area contributed by atoms with Gasteiger partial charge in [-0.1, -0.05) is 11.6 Å². The predicted molar refractivity (Wildman–Crippen MR) is 86.8 cm³/mol. The lowest BCUT2D eigenvalue weighted by Gasteiger charge is -2.11. The van der Waals surface area contributed by atoms with Crippen molar-refractivity contribution in [2.24, 2.45) is 5.73 Å². The highest BCUT2D eigenvalue weighted by atomic mass is 127. The number of rotatable bonds is 3. The van der Waals surface area contributed by atoms with Gasteiger partial charge in [0.25, 0.3) is 0 Å².